The number of hydrogen-bond donors (Lipinski definition) is 0. The molecule has 0 saturated carbocycles. The maximum absolute atomic E-state index is 8.99. The highest BCUT2D eigenvalue weighted by atomic mass is 15.2. The molecule has 0 N–H and O–H groups in total. The summed E-state index contributed by atoms with van der Waals surface area (Å²) in [5, 5.41) is 8.99. The summed E-state index contributed by atoms with van der Waals surface area (Å²) in [6.07, 6.45) is 5.35. The molecule has 0 amide bonds. The standard InChI is InChI=1S/C17H23N3/c18-13-16-4-3-5-17(12-16)20-10-6-15(7-11-20)14-19-8-1-2-9-19/h3-5,12,15H,1-2,6-11,14H2. The fourth-order valence-corrected chi connectivity index (χ4v) is 3.48. The number of hydrogen-bond acceptors (Lipinski definition) is 3. The Bertz CT molecular complexity index is 477. The Morgan fingerprint density at radius 3 is 2.55 bits per heavy atom. The van der Waals surface area contributed by atoms with Crippen molar-refractivity contribution < 1.29 is 0 Å². The zero-order valence-electron chi connectivity index (χ0n) is 12.1. The van der Waals surface area contributed by atoms with E-state index in [2.05, 4.69) is 21.9 Å². The molecule has 2 saturated heterocycles. The number of piperidine rings is 1. The van der Waals surface area contributed by atoms with E-state index < -0.39 is 0 Å². The van der Waals surface area contributed by atoms with Crippen LogP contribution in [0, 0.1) is 17.2 Å². The summed E-state index contributed by atoms with van der Waals surface area (Å²) in [5.41, 5.74) is 1.98. The Labute approximate surface area is 121 Å². The van der Waals surface area contributed by atoms with Gasteiger partial charge in [-0.05, 0) is 62.9 Å². The minimum Gasteiger partial charge on any atom is -0.371 e. The van der Waals surface area contributed by atoms with Crippen LogP contribution in [0.5, 0.6) is 0 Å². The fraction of sp³-hybridized carbons (Fsp3) is 0.588. The zero-order valence-corrected chi connectivity index (χ0v) is 12.1. The molecule has 0 spiro atoms. The maximum Gasteiger partial charge on any atom is 0.0992 e. The van der Waals surface area contributed by atoms with E-state index in [1.807, 2.05) is 18.2 Å². The molecular formula is C17H23N3. The Kier molecular flexibility index (Phi) is 4.22. The lowest BCUT2D eigenvalue weighted by Crippen LogP contribution is -2.38. The van der Waals surface area contributed by atoms with Crippen molar-refractivity contribution >= 4 is 5.69 Å². The Morgan fingerprint density at radius 2 is 1.85 bits per heavy atom. The molecule has 0 radical (unpaired) electrons. The van der Waals surface area contributed by atoms with Gasteiger partial charge in [0.1, 0.15) is 0 Å². The van der Waals surface area contributed by atoms with E-state index in [0.717, 1.165) is 24.6 Å². The number of likely N-dealkylation sites (tertiary alicyclic amines) is 1. The summed E-state index contributed by atoms with van der Waals surface area (Å²) in [6, 6.07) is 10.2. The van der Waals surface area contributed by atoms with Crippen molar-refractivity contribution in [2.45, 2.75) is 25.7 Å². The molecule has 0 unspecified atom stereocenters. The third-order valence-electron chi connectivity index (χ3n) is 4.67. The minimum atomic E-state index is 0.765. The lowest BCUT2D eigenvalue weighted by Gasteiger charge is -2.35. The summed E-state index contributed by atoms with van der Waals surface area (Å²) < 4.78 is 0. The Morgan fingerprint density at radius 1 is 1.10 bits per heavy atom. The average Bonchev–Trinajstić information content (AvgIpc) is 3.01. The van der Waals surface area contributed by atoms with Gasteiger partial charge in [-0.2, -0.15) is 5.26 Å². The van der Waals surface area contributed by atoms with Gasteiger partial charge in [-0.15, -0.1) is 0 Å². The van der Waals surface area contributed by atoms with Gasteiger partial charge in [0.25, 0.3) is 0 Å². The van der Waals surface area contributed by atoms with Crippen molar-refractivity contribution in [2.75, 3.05) is 37.6 Å². The van der Waals surface area contributed by atoms with Crippen LogP contribution >= 0.6 is 0 Å². The van der Waals surface area contributed by atoms with Gasteiger partial charge in [0.15, 0.2) is 0 Å². The van der Waals surface area contributed by atoms with Gasteiger partial charge in [0, 0.05) is 25.3 Å². The van der Waals surface area contributed by atoms with Crippen LogP contribution < -0.4 is 4.90 Å². The van der Waals surface area contributed by atoms with Crippen LogP contribution in [0.3, 0.4) is 0 Å². The molecule has 20 heavy (non-hydrogen) atoms. The Balaban J connectivity index is 1.53. The van der Waals surface area contributed by atoms with Gasteiger partial charge in [0.05, 0.1) is 11.6 Å². The van der Waals surface area contributed by atoms with E-state index in [1.165, 1.54) is 51.0 Å². The van der Waals surface area contributed by atoms with E-state index in [-0.39, 0.29) is 0 Å². The van der Waals surface area contributed by atoms with Crippen LogP contribution in [0.25, 0.3) is 0 Å². The van der Waals surface area contributed by atoms with E-state index in [1.54, 1.807) is 0 Å². The second-order valence-electron chi connectivity index (χ2n) is 6.10. The number of nitriles is 1. The number of anilines is 1. The highest BCUT2D eigenvalue weighted by Gasteiger charge is 2.22. The first-order chi connectivity index (χ1) is 9.85. The van der Waals surface area contributed by atoms with Crippen LogP contribution in [0.4, 0.5) is 5.69 Å². The van der Waals surface area contributed by atoms with Gasteiger partial charge < -0.3 is 9.80 Å². The quantitative estimate of drug-likeness (QED) is 0.845. The fourth-order valence-electron chi connectivity index (χ4n) is 3.48. The molecule has 3 heteroatoms. The number of benzene rings is 1. The second-order valence-corrected chi connectivity index (χ2v) is 6.10. The van der Waals surface area contributed by atoms with Crippen LogP contribution in [0.2, 0.25) is 0 Å². The normalized spacial score (nSPS) is 21.1. The third-order valence-corrected chi connectivity index (χ3v) is 4.67. The molecule has 0 aliphatic carbocycles. The molecule has 0 aromatic heterocycles. The molecule has 0 atom stereocenters. The predicted molar refractivity (Wildman–Crippen MR) is 81.8 cm³/mol. The van der Waals surface area contributed by atoms with Gasteiger partial charge in [-0.1, -0.05) is 6.07 Å². The lowest BCUT2D eigenvalue weighted by molar-refractivity contribution is 0.249. The van der Waals surface area contributed by atoms with Crippen LogP contribution in [0.1, 0.15) is 31.2 Å². The van der Waals surface area contributed by atoms with Crippen LogP contribution in [-0.2, 0) is 0 Å². The molecule has 2 aliphatic heterocycles. The summed E-state index contributed by atoms with van der Waals surface area (Å²) in [6.45, 7) is 6.18. The summed E-state index contributed by atoms with van der Waals surface area (Å²) in [5.74, 6) is 0.864. The summed E-state index contributed by atoms with van der Waals surface area (Å²) in [4.78, 5) is 5.07. The topological polar surface area (TPSA) is 30.3 Å². The Hall–Kier alpha value is -1.53. The molecule has 0 bridgehead atoms. The predicted octanol–water partition coefficient (Wildman–Crippen LogP) is 2.87. The minimum absolute atomic E-state index is 0.765. The molecule has 2 fully saturated rings. The highest BCUT2D eigenvalue weighted by molar-refractivity contribution is 5.51. The van der Waals surface area contributed by atoms with Gasteiger partial charge in [-0.25, -0.2) is 0 Å². The molecule has 106 valence electrons. The molecule has 2 heterocycles. The van der Waals surface area contributed by atoms with Crippen molar-refractivity contribution in [3.05, 3.63) is 29.8 Å². The maximum atomic E-state index is 8.99. The van der Waals surface area contributed by atoms with Crippen molar-refractivity contribution in [3.8, 4) is 6.07 Å². The average molecular weight is 269 g/mol. The van der Waals surface area contributed by atoms with Crippen LogP contribution in [-0.4, -0.2) is 37.6 Å². The molecule has 2 aliphatic rings. The smallest absolute Gasteiger partial charge is 0.0992 e. The van der Waals surface area contributed by atoms with Crippen molar-refractivity contribution in [1.82, 2.24) is 4.90 Å². The summed E-state index contributed by atoms with van der Waals surface area (Å²) in [7, 11) is 0. The van der Waals surface area contributed by atoms with Gasteiger partial charge >= 0.3 is 0 Å². The molecule has 1 aromatic rings. The molecule has 1 aromatic carbocycles. The number of nitrogens with zero attached hydrogens (tertiary/aromatic N) is 3. The van der Waals surface area contributed by atoms with Crippen molar-refractivity contribution in [1.29, 1.82) is 5.26 Å². The monoisotopic (exact) mass is 269 g/mol. The number of rotatable bonds is 3. The third kappa shape index (κ3) is 3.13. The zero-order chi connectivity index (χ0) is 13.8. The first-order valence-corrected chi connectivity index (χ1v) is 7.82. The highest BCUT2D eigenvalue weighted by Crippen LogP contribution is 2.25. The summed E-state index contributed by atoms with van der Waals surface area (Å²) >= 11 is 0. The van der Waals surface area contributed by atoms with Gasteiger partial charge in [-0.3, -0.25) is 0 Å². The SMILES string of the molecule is N#Cc1cccc(N2CCC(CN3CCCC3)CC2)c1. The van der Waals surface area contributed by atoms with E-state index >= 15 is 0 Å². The first-order valence-electron chi connectivity index (χ1n) is 7.82. The van der Waals surface area contributed by atoms with E-state index in [0.29, 0.717) is 0 Å². The van der Waals surface area contributed by atoms with Crippen molar-refractivity contribution in [2.24, 2.45) is 5.92 Å². The first kappa shape index (κ1) is 13.5. The molecule has 3 rings (SSSR count). The molecular weight excluding hydrogens is 246 g/mol. The van der Waals surface area contributed by atoms with E-state index in [4.69, 9.17) is 5.26 Å². The van der Waals surface area contributed by atoms with Crippen molar-refractivity contribution in [3.63, 3.8) is 0 Å². The second kappa shape index (κ2) is 6.28. The molecule has 3 nitrogen and oxygen atoms in total. The largest absolute Gasteiger partial charge is 0.371 e. The van der Waals surface area contributed by atoms with E-state index in [9.17, 15) is 0 Å². The lowest BCUT2D eigenvalue weighted by atomic mass is 9.95. The van der Waals surface area contributed by atoms with Crippen LogP contribution in [0.15, 0.2) is 24.3 Å². The van der Waals surface area contributed by atoms with Gasteiger partial charge in [0.2, 0.25) is 0 Å².